The maximum Gasteiger partial charge on any atom is 0.224 e. The van der Waals surface area contributed by atoms with Crippen LogP contribution in [0.25, 0.3) is 0 Å². The lowest BCUT2D eigenvalue weighted by Crippen LogP contribution is -2.43. The molecule has 0 aliphatic carbocycles. The van der Waals surface area contributed by atoms with Gasteiger partial charge in [0.05, 0.1) is 5.60 Å². The van der Waals surface area contributed by atoms with Crippen molar-refractivity contribution in [1.82, 2.24) is 14.9 Å². The first-order valence-electron chi connectivity index (χ1n) is 5.08. The highest BCUT2D eigenvalue weighted by atomic mass is 16.3. The highest BCUT2D eigenvalue weighted by Crippen LogP contribution is 2.07. The smallest absolute Gasteiger partial charge is 0.224 e. The highest BCUT2D eigenvalue weighted by Gasteiger charge is 2.21. The Balaban J connectivity index is 2.50. The van der Waals surface area contributed by atoms with Gasteiger partial charge in [0.15, 0.2) is 0 Å². The summed E-state index contributed by atoms with van der Waals surface area (Å²) in [5.41, 5.74) is 4.68. The van der Waals surface area contributed by atoms with Gasteiger partial charge in [0, 0.05) is 19.3 Å². The Morgan fingerprint density at radius 3 is 2.81 bits per heavy atom. The average Bonchev–Trinajstić information content (AvgIpc) is 2.13. The Morgan fingerprint density at radius 2 is 2.25 bits per heavy atom. The molecule has 0 saturated heterocycles. The van der Waals surface area contributed by atoms with Gasteiger partial charge in [-0.25, -0.2) is 4.98 Å². The molecular formula is C10H19N5O. The van der Waals surface area contributed by atoms with E-state index in [9.17, 15) is 5.11 Å². The lowest BCUT2D eigenvalue weighted by atomic mass is 10.1. The van der Waals surface area contributed by atoms with Crippen LogP contribution in [0.15, 0.2) is 12.3 Å². The number of nitrogen functional groups attached to an aromatic ring is 1. The van der Waals surface area contributed by atoms with Gasteiger partial charge in [0.2, 0.25) is 5.95 Å². The molecule has 0 aromatic carbocycles. The van der Waals surface area contributed by atoms with E-state index in [1.54, 1.807) is 19.2 Å². The van der Waals surface area contributed by atoms with Gasteiger partial charge < -0.3 is 21.1 Å². The number of hydrogen-bond donors (Lipinski definition) is 3. The van der Waals surface area contributed by atoms with Gasteiger partial charge in [0.25, 0.3) is 0 Å². The zero-order chi connectivity index (χ0) is 12.2. The second-order valence-corrected chi connectivity index (χ2v) is 4.39. The number of rotatable bonds is 5. The molecule has 0 spiro atoms. The van der Waals surface area contributed by atoms with Crippen LogP contribution in [-0.4, -0.2) is 52.8 Å². The standard InChI is InChI=1S/C10H19N5O/c1-10(16,7-15(2)3)6-13-9-12-5-4-8(11)14-9/h4-5,16H,6-7H2,1-3H3,(H3,11,12,13,14). The Labute approximate surface area is 95.5 Å². The molecule has 1 aromatic heterocycles. The van der Waals surface area contributed by atoms with E-state index < -0.39 is 5.60 Å². The van der Waals surface area contributed by atoms with Crippen molar-refractivity contribution in [3.63, 3.8) is 0 Å². The summed E-state index contributed by atoms with van der Waals surface area (Å²) in [5.74, 6) is 0.837. The Morgan fingerprint density at radius 1 is 1.56 bits per heavy atom. The molecule has 0 fully saturated rings. The summed E-state index contributed by atoms with van der Waals surface area (Å²) in [6, 6.07) is 1.61. The van der Waals surface area contributed by atoms with Gasteiger partial charge in [-0.1, -0.05) is 0 Å². The van der Waals surface area contributed by atoms with E-state index in [1.165, 1.54) is 0 Å². The van der Waals surface area contributed by atoms with Gasteiger partial charge in [0.1, 0.15) is 5.82 Å². The van der Waals surface area contributed by atoms with E-state index in [0.29, 0.717) is 24.9 Å². The molecule has 6 nitrogen and oxygen atoms in total. The van der Waals surface area contributed by atoms with Crippen molar-refractivity contribution in [3.05, 3.63) is 12.3 Å². The molecule has 1 unspecified atom stereocenters. The van der Waals surface area contributed by atoms with Gasteiger partial charge >= 0.3 is 0 Å². The average molecular weight is 225 g/mol. The number of aromatic nitrogens is 2. The monoisotopic (exact) mass is 225 g/mol. The van der Waals surface area contributed by atoms with Crippen LogP contribution in [0.4, 0.5) is 11.8 Å². The van der Waals surface area contributed by atoms with Crippen LogP contribution in [0.1, 0.15) is 6.92 Å². The number of nitrogens with two attached hydrogens (primary N) is 1. The summed E-state index contributed by atoms with van der Waals surface area (Å²) in [7, 11) is 3.82. The number of nitrogens with one attached hydrogen (secondary N) is 1. The third kappa shape index (κ3) is 4.41. The maximum atomic E-state index is 10.0. The van der Waals surface area contributed by atoms with E-state index >= 15 is 0 Å². The molecule has 0 radical (unpaired) electrons. The van der Waals surface area contributed by atoms with Crippen LogP contribution < -0.4 is 11.1 Å². The van der Waals surface area contributed by atoms with Crippen molar-refractivity contribution in [1.29, 1.82) is 0 Å². The van der Waals surface area contributed by atoms with Crippen LogP contribution in [-0.2, 0) is 0 Å². The quantitative estimate of drug-likeness (QED) is 0.642. The number of anilines is 2. The first kappa shape index (κ1) is 12.7. The zero-order valence-electron chi connectivity index (χ0n) is 9.94. The SMILES string of the molecule is CN(C)CC(C)(O)CNc1nccc(N)n1. The van der Waals surface area contributed by atoms with Crippen molar-refractivity contribution in [2.24, 2.45) is 0 Å². The summed E-state index contributed by atoms with van der Waals surface area (Å²) in [5, 5.41) is 13.0. The predicted octanol–water partition coefficient (Wildman–Crippen LogP) is -0.217. The second-order valence-electron chi connectivity index (χ2n) is 4.39. The Hall–Kier alpha value is -1.40. The first-order chi connectivity index (χ1) is 7.39. The lowest BCUT2D eigenvalue weighted by Gasteiger charge is -2.27. The Kier molecular flexibility index (Phi) is 4.03. The normalized spacial score (nSPS) is 14.8. The van der Waals surface area contributed by atoms with Crippen LogP contribution in [0.5, 0.6) is 0 Å². The third-order valence-electron chi connectivity index (χ3n) is 1.96. The van der Waals surface area contributed by atoms with E-state index in [-0.39, 0.29) is 0 Å². The van der Waals surface area contributed by atoms with E-state index in [1.807, 2.05) is 19.0 Å². The summed E-state index contributed by atoms with van der Waals surface area (Å²) in [6.07, 6.45) is 1.57. The highest BCUT2D eigenvalue weighted by molar-refractivity contribution is 5.35. The molecule has 1 aromatic rings. The molecule has 1 rings (SSSR count). The molecule has 16 heavy (non-hydrogen) atoms. The van der Waals surface area contributed by atoms with E-state index in [2.05, 4.69) is 15.3 Å². The molecular weight excluding hydrogens is 206 g/mol. The molecule has 1 heterocycles. The lowest BCUT2D eigenvalue weighted by molar-refractivity contribution is 0.0458. The minimum absolute atomic E-state index is 0.370. The molecule has 6 heteroatoms. The Bertz CT molecular complexity index is 340. The first-order valence-corrected chi connectivity index (χ1v) is 5.08. The summed E-state index contributed by atoms with van der Waals surface area (Å²) >= 11 is 0. The molecule has 0 aliphatic heterocycles. The van der Waals surface area contributed by atoms with Crippen LogP contribution >= 0.6 is 0 Å². The van der Waals surface area contributed by atoms with Gasteiger partial charge in [-0.2, -0.15) is 4.98 Å². The van der Waals surface area contributed by atoms with Crippen LogP contribution in [0.2, 0.25) is 0 Å². The number of hydrogen-bond acceptors (Lipinski definition) is 6. The molecule has 90 valence electrons. The fourth-order valence-corrected chi connectivity index (χ4v) is 1.46. The van der Waals surface area contributed by atoms with E-state index in [0.717, 1.165) is 0 Å². The van der Waals surface area contributed by atoms with Crippen molar-refractivity contribution < 1.29 is 5.11 Å². The van der Waals surface area contributed by atoms with E-state index in [4.69, 9.17) is 5.73 Å². The molecule has 0 aliphatic rings. The molecule has 0 bridgehead atoms. The topological polar surface area (TPSA) is 87.3 Å². The fourth-order valence-electron chi connectivity index (χ4n) is 1.46. The van der Waals surface area contributed by atoms with Gasteiger partial charge in [-0.3, -0.25) is 0 Å². The fraction of sp³-hybridized carbons (Fsp3) is 0.600. The molecule has 0 saturated carbocycles. The molecule has 0 amide bonds. The van der Waals surface area contributed by atoms with Crippen LogP contribution in [0.3, 0.4) is 0 Å². The summed E-state index contributed by atoms with van der Waals surface area (Å²) in [4.78, 5) is 9.90. The second kappa shape index (κ2) is 5.09. The predicted molar refractivity (Wildman–Crippen MR) is 64.1 cm³/mol. The van der Waals surface area contributed by atoms with Crippen molar-refractivity contribution in [3.8, 4) is 0 Å². The molecule has 4 N–H and O–H groups in total. The van der Waals surface area contributed by atoms with Crippen LogP contribution in [0, 0.1) is 0 Å². The zero-order valence-corrected chi connectivity index (χ0v) is 9.94. The number of nitrogens with zero attached hydrogens (tertiary/aromatic N) is 3. The van der Waals surface area contributed by atoms with Gasteiger partial charge in [-0.05, 0) is 27.1 Å². The largest absolute Gasteiger partial charge is 0.387 e. The minimum atomic E-state index is -0.836. The molecule has 1 atom stereocenters. The van der Waals surface area contributed by atoms with Crippen molar-refractivity contribution in [2.75, 3.05) is 38.2 Å². The summed E-state index contributed by atoms with van der Waals surface area (Å²) < 4.78 is 0. The maximum absolute atomic E-state index is 10.0. The van der Waals surface area contributed by atoms with Crippen molar-refractivity contribution in [2.45, 2.75) is 12.5 Å². The third-order valence-corrected chi connectivity index (χ3v) is 1.96. The summed E-state index contributed by atoms with van der Waals surface area (Å²) in [6.45, 7) is 2.68. The van der Waals surface area contributed by atoms with Crippen molar-refractivity contribution >= 4 is 11.8 Å². The minimum Gasteiger partial charge on any atom is -0.387 e. The number of likely N-dealkylation sites (N-methyl/N-ethyl adjacent to an activating group) is 1. The number of aliphatic hydroxyl groups is 1. The van der Waals surface area contributed by atoms with Gasteiger partial charge in [-0.15, -0.1) is 0 Å².